The summed E-state index contributed by atoms with van der Waals surface area (Å²) in [5, 5.41) is 0. The first-order chi connectivity index (χ1) is 25.8. The van der Waals surface area contributed by atoms with Crippen LogP contribution in [0.25, 0.3) is 11.3 Å². The van der Waals surface area contributed by atoms with Crippen LogP contribution in [0.1, 0.15) is 41.7 Å². The number of hydrogen-bond donors (Lipinski definition) is 0. The molecule has 1 aromatic heterocycles. The maximum absolute atomic E-state index is 6.78. The van der Waals surface area contributed by atoms with Gasteiger partial charge in [-0.2, -0.15) is 6.07 Å². The summed E-state index contributed by atoms with van der Waals surface area (Å²) >= 11 is 0. The zero-order valence-electron chi connectivity index (χ0n) is 30.9. The summed E-state index contributed by atoms with van der Waals surface area (Å²) in [5.74, 6) is 1.19. The van der Waals surface area contributed by atoms with E-state index in [0.717, 1.165) is 50.9 Å². The Labute approximate surface area is 332 Å². The largest absolute Gasteiger partial charge is 0.503 e. The maximum atomic E-state index is 6.78. The molecule has 6 heteroatoms. The fourth-order valence-corrected chi connectivity index (χ4v) is 8.22. The van der Waals surface area contributed by atoms with Crippen LogP contribution >= 0.6 is 0 Å². The molecule has 2 aliphatic rings. The zero-order chi connectivity index (χ0) is 36.3. The quantitative estimate of drug-likeness (QED) is 0.155. The van der Waals surface area contributed by atoms with Crippen LogP contribution in [0.2, 0.25) is 0 Å². The summed E-state index contributed by atoms with van der Waals surface area (Å²) in [6, 6.07) is 53.7. The smallest absolute Gasteiger partial charge is 0.0476 e. The normalized spacial score (nSPS) is 13.8. The van der Waals surface area contributed by atoms with Gasteiger partial charge in [0.2, 0.25) is 0 Å². The first-order valence-electron chi connectivity index (χ1n) is 18.1. The Morgan fingerprint density at radius 3 is 2.02 bits per heavy atom. The molecular formula is C48H39N4OPt-3. The third kappa shape index (κ3) is 5.97. The van der Waals surface area contributed by atoms with Gasteiger partial charge in [0.15, 0.2) is 0 Å². The first-order valence-corrected chi connectivity index (χ1v) is 18.1. The standard InChI is InChI=1S/C48H39N4O.Pt/c1-32-26-33(2)47(34(3)27-32)51-31-50(43-23-11-12-24-44(43)51)36-18-15-19-37(28-36)53-38-29-39(41-21-13-14-25-49-41)46-45(30-38)52(35-16-7-6-8-17-35)42-22-10-9-20-40(42)48(46,4)5;/h6-27,30-31H,1-5H3;/q-3;. The molecule has 0 N–H and O–H groups in total. The SMILES string of the molecule is Cc1cc(C)c(N2[CH-]N(c3[c-]c(Oc4[c-]c(-c5ccccn5)c5c(c4)N(c4ccccc4)c4ccccc4C5(C)C)ccc3)c3ccccc32)c(C)c1.[Pt]. The van der Waals surface area contributed by atoms with Crippen molar-refractivity contribution in [1.29, 1.82) is 0 Å². The minimum Gasteiger partial charge on any atom is -0.503 e. The molecule has 54 heavy (non-hydrogen) atoms. The number of para-hydroxylation sites is 4. The van der Waals surface area contributed by atoms with Crippen LogP contribution in [0.15, 0.2) is 140 Å². The molecule has 3 heterocycles. The van der Waals surface area contributed by atoms with Gasteiger partial charge in [-0.05, 0) is 90.7 Å². The molecule has 0 amide bonds. The number of nitrogens with zero attached hydrogens (tertiary/aromatic N) is 4. The Balaban J connectivity index is 0.00000413. The number of fused-ring (bicyclic) bond motifs is 3. The van der Waals surface area contributed by atoms with Crippen molar-refractivity contribution in [3.05, 3.63) is 186 Å². The van der Waals surface area contributed by atoms with Crippen molar-refractivity contribution >= 4 is 39.8 Å². The van der Waals surface area contributed by atoms with E-state index in [1.165, 1.54) is 27.9 Å². The summed E-state index contributed by atoms with van der Waals surface area (Å²) in [6.45, 7) is 13.3. The van der Waals surface area contributed by atoms with Gasteiger partial charge in [-0.3, -0.25) is 0 Å². The van der Waals surface area contributed by atoms with Gasteiger partial charge < -0.3 is 24.4 Å². The molecule has 6 aromatic carbocycles. The van der Waals surface area contributed by atoms with E-state index in [1.54, 1.807) is 0 Å². The van der Waals surface area contributed by atoms with Crippen molar-refractivity contribution in [2.75, 3.05) is 14.7 Å². The molecule has 0 fully saturated rings. The molecule has 0 saturated carbocycles. The molecule has 9 rings (SSSR count). The molecule has 0 aliphatic carbocycles. The number of hydrogen-bond acceptors (Lipinski definition) is 5. The third-order valence-corrected chi connectivity index (χ3v) is 10.4. The minimum atomic E-state index is -0.343. The molecule has 270 valence electrons. The number of aryl methyl sites for hydroxylation is 3. The second-order valence-corrected chi connectivity index (χ2v) is 14.4. The van der Waals surface area contributed by atoms with Gasteiger partial charge in [-0.15, -0.1) is 36.1 Å². The van der Waals surface area contributed by atoms with E-state index in [4.69, 9.17) is 9.72 Å². The molecule has 0 spiro atoms. The Kier molecular flexibility index (Phi) is 9.16. The Morgan fingerprint density at radius 2 is 1.30 bits per heavy atom. The van der Waals surface area contributed by atoms with Crippen molar-refractivity contribution in [3.8, 4) is 22.8 Å². The monoisotopic (exact) mass is 882 g/mol. The summed E-state index contributed by atoms with van der Waals surface area (Å²) in [7, 11) is 0. The van der Waals surface area contributed by atoms with Gasteiger partial charge >= 0.3 is 0 Å². The van der Waals surface area contributed by atoms with Crippen LogP contribution in [0, 0.1) is 39.6 Å². The second-order valence-electron chi connectivity index (χ2n) is 14.4. The average Bonchev–Trinajstić information content (AvgIpc) is 3.54. The first kappa shape index (κ1) is 35.4. The van der Waals surface area contributed by atoms with E-state index in [9.17, 15) is 0 Å². The van der Waals surface area contributed by atoms with Gasteiger partial charge in [0.1, 0.15) is 0 Å². The van der Waals surface area contributed by atoms with Gasteiger partial charge in [0.25, 0.3) is 0 Å². The van der Waals surface area contributed by atoms with Crippen LogP contribution < -0.4 is 19.4 Å². The summed E-state index contributed by atoms with van der Waals surface area (Å²) in [6.07, 6.45) is 1.84. The van der Waals surface area contributed by atoms with Gasteiger partial charge in [0.05, 0.1) is 0 Å². The number of aromatic nitrogens is 1. The molecular weight excluding hydrogens is 844 g/mol. The minimum absolute atomic E-state index is 0. The summed E-state index contributed by atoms with van der Waals surface area (Å²) in [5.41, 5.74) is 15.0. The number of pyridine rings is 1. The van der Waals surface area contributed by atoms with Gasteiger partial charge in [-0.25, -0.2) is 0 Å². The molecule has 0 saturated heterocycles. The number of benzene rings is 6. The number of ether oxygens (including phenoxy) is 1. The molecule has 0 bridgehead atoms. The van der Waals surface area contributed by atoms with E-state index in [0.29, 0.717) is 11.5 Å². The number of anilines is 7. The Hall–Kier alpha value is -5.64. The van der Waals surface area contributed by atoms with Crippen molar-refractivity contribution in [1.82, 2.24) is 4.98 Å². The number of rotatable bonds is 6. The molecule has 0 atom stereocenters. The second kappa shape index (κ2) is 14.0. The van der Waals surface area contributed by atoms with E-state index in [1.807, 2.05) is 30.5 Å². The third-order valence-electron chi connectivity index (χ3n) is 10.4. The molecule has 0 radical (unpaired) electrons. The van der Waals surface area contributed by atoms with Crippen molar-refractivity contribution in [3.63, 3.8) is 0 Å². The van der Waals surface area contributed by atoms with Gasteiger partial charge in [0, 0.05) is 67.2 Å². The zero-order valence-corrected chi connectivity index (χ0v) is 33.1. The van der Waals surface area contributed by atoms with Crippen LogP contribution in [-0.2, 0) is 26.5 Å². The van der Waals surface area contributed by atoms with Crippen molar-refractivity contribution in [2.45, 2.75) is 40.0 Å². The predicted molar refractivity (Wildman–Crippen MR) is 216 cm³/mol. The molecule has 0 unspecified atom stereocenters. The van der Waals surface area contributed by atoms with Crippen LogP contribution in [0.4, 0.5) is 39.8 Å². The molecule has 5 nitrogen and oxygen atoms in total. The van der Waals surface area contributed by atoms with Crippen LogP contribution in [0.5, 0.6) is 11.5 Å². The molecule has 2 aliphatic heterocycles. The van der Waals surface area contributed by atoms with Crippen molar-refractivity contribution < 1.29 is 25.8 Å². The van der Waals surface area contributed by atoms with Crippen LogP contribution in [0.3, 0.4) is 0 Å². The fourth-order valence-electron chi connectivity index (χ4n) is 8.22. The van der Waals surface area contributed by atoms with E-state index in [2.05, 4.69) is 177 Å². The van der Waals surface area contributed by atoms with Crippen molar-refractivity contribution in [2.24, 2.45) is 0 Å². The summed E-state index contributed by atoms with van der Waals surface area (Å²) in [4.78, 5) is 11.6. The van der Waals surface area contributed by atoms with Gasteiger partial charge in [-0.1, -0.05) is 110 Å². The molecule has 7 aromatic rings. The predicted octanol–water partition coefficient (Wildman–Crippen LogP) is 12.6. The summed E-state index contributed by atoms with van der Waals surface area (Å²) < 4.78 is 6.78. The maximum Gasteiger partial charge on any atom is 0.0476 e. The van der Waals surface area contributed by atoms with E-state index in [-0.39, 0.29) is 26.5 Å². The Bertz CT molecular complexity index is 2470. The Morgan fingerprint density at radius 1 is 0.630 bits per heavy atom. The fraction of sp³-hybridized carbons (Fsp3) is 0.125. The topological polar surface area (TPSA) is 31.8 Å². The average molecular weight is 883 g/mol. The van der Waals surface area contributed by atoms with E-state index < -0.39 is 0 Å². The van der Waals surface area contributed by atoms with E-state index >= 15 is 0 Å². The van der Waals surface area contributed by atoms with Crippen LogP contribution in [-0.4, -0.2) is 4.98 Å².